The largest absolute Gasteiger partial charge is 0.497 e. The first-order valence-electron chi connectivity index (χ1n) is 5.62. The van der Waals surface area contributed by atoms with Crippen molar-refractivity contribution in [2.24, 2.45) is 0 Å². The highest BCUT2D eigenvalue weighted by atomic mass is 16.5. The Morgan fingerprint density at radius 1 is 1.00 bits per heavy atom. The van der Waals surface area contributed by atoms with Crippen molar-refractivity contribution in [3.63, 3.8) is 0 Å². The number of rotatable bonds is 1. The van der Waals surface area contributed by atoms with Gasteiger partial charge in [0.15, 0.2) is 0 Å². The van der Waals surface area contributed by atoms with E-state index in [0.717, 1.165) is 16.8 Å². The highest BCUT2D eigenvalue weighted by Gasteiger charge is 2.04. The van der Waals surface area contributed by atoms with Crippen LogP contribution in [0.25, 0.3) is 21.8 Å². The second kappa shape index (κ2) is 3.74. The number of fused-ring (bicyclic) bond motifs is 2. The van der Waals surface area contributed by atoms with Crippen molar-refractivity contribution >= 4 is 21.8 Å². The van der Waals surface area contributed by atoms with Crippen LogP contribution in [0.1, 0.15) is 5.56 Å². The molecule has 2 heteroatoms. The first-order chi connectivity index (χ1) is 8.28. The summed E-state index contributed by atoms with van der Waals surface area (Å²) in [7, 11) is 1.68. The number of pyridine rings is 1. The molecular formula is C15H13NO. The minimum absolute atomic E-state index is 0.859. The molecule has 0 fully saturated rings. The molecule has 1 aromatic heterocycles. The Kier molecular flexibility index (Phi) is 2.22. The summed E-state index contributed by atoms with van der Waals surface area (Å²) >= 11 is 0. The van der Waals surface area contributed by atoms with Gasteiger partial charge in [-0.2, -0.15) is 0 Å². The summed E-state index contributed by atoms with van der Waals surface area (Å²) in [6.45, 7) is 2.08. The van der Waals surface area contributed by atoms with Gasteiger partial charge in [0, 0.05) is 16.8 Å². The zero-order valence-electron chi connectivity index (χ0n) is 9.90. The highest BCUT2D eigenvalue weighted by Crippen LogP contribution is 2.26. The normalized spacial score (nSPS) is 10.9. The molecular weight excluding hydrogens is 210 g/mol. The Labute approximate surface area is 99.9 Å². The van der Waals surface area contributed by atoms with E-state index >= 15 is 0 Å². The molecule has 0 amide bonds. The highest BCUT2D eigenvalue weighted by molar-refractivity contribution is 5.94. The van der Waals surface area contributed by atoms with Gasteiger partial charge in [0.1, 0.15) is 5.75 Å². The van der Waals surface area contributed by atoms with Crippen LogP contribution in [0.5, 0.6) is 5.75 Å². The van der Waals surface area contributed by atoms with Crippen molar-refractivity contribution in [1.29, 1.82) is 0 Å². The number of nitrogens with zero attached hydrogens (tertiary/aromatic N) is 1. The predicted octanol–water partition coefficient (Wildman–Crippen LogP) is 3.71. The lowest BCUT2D eigenvalue weighted by molar-refractivity contribution is 0.415. The van der Waals surface area contributed by atoms with E-state index in [-0.39, 0.29) is 0 Å². The van der Waals surface area contributed by atoms with E-state index in [4.69, 9.17) is 4.74 Å². The average molecular weight is 223 g/mol. The predicted molar refractivity (Wildman–Crippen MR) is 70.5 cm³/mol. The van der Waals surface area contributed by atoms with Crippen LogP contribution in [0, 0.1) is 6.92 Å². The van der Waals surface area contributed by atoms with Gasteiger partial charge < -0.3 is 4.74 Å². The Morgan fingerprint density at radius 2 is 1.82 bits per heavy atom. The lowest BCUT2D eigenvalue weighted by Crippen LogP contribution is -1.88. The summed E-state index contributed by atoms with van der Waals surface area (Å²) in [6.07, 6.45) is 0. The molecule has 0 bridgehead atoms. The molecule has 3 rings (SSSR count). The quantitative estimate of drug-likeness (QED) is 0.587. The third-order valence-corrected chi connectivity index (χ3v) is 3.05. The second-order valence-corrected chi connectivity index (χ2v) is 4.19. The van der Waals surface area contributed by atoms with E-state index in [9.17, 15) is 0 Å². The van der Waals surface area contributed by atoms with Gasteiger partial charge >= 0.3 is 0 Å². The summed E-state index contributed by atoms with van der Waals surface area (Å²) < 4.78 is 5.28. The van der Waals surface area contributed by atoms with Crippen molar-refractivity contribution in [2.75, 3.05) is 7.11 Å². The SMILES string of the molecule is COc1cc(C)c2cc3ccccc3nc2c1. The molecule has 0 unspecified atom stereocenters. The van der Waals surface area contributed by atoms with E-state index in [1.54, 1.807) is 7.11 Å². The number of hydrogen-bond donors (Lipinski definition) is 0. The first kappa shape index (κ1) is 10.1. The summed E-state index contributed by atoms with van der Waals surface area (Å²) in [5, 5.41) is 2.36. The Hall–Kier alpha value is -2.09. The van der Waals surface area contributed by atoms with Crippen LogP contribution >= 0.6 is 0 Å². The molecule has 3 aromatic rings. The minimum Gasteiger partial charge on any atom is -0.497 e. The van der Waals surface area contributed by atoms with Gasteiger partial charge in [-0.3, -0.25) is 0 Å². The number of para-hydroxylation sites is 1. The van der Waals surface area contributed by atoms with Crippen LogP contribution in [0.4, 0.5) is 0 Å². The minimum atomic E-state index is 0.859. The summed E-state index contributed by atoms with van der Waals surface area (Å²) in [5.41, 5.74) is 3.20. The molecule has 0 N–H and O–H groups in total. The number of methoxy groups -OCH3 is 1. The monoisotopic (exact) mass is 223 g/mol. The lowest BCUT2D eigenvalue weighted by atomic mass is 10.1. The topological polar surface area (TPSA) is 22.1 Å². The molecule has 0 radical (unpaired) electrons. The summed E-state index contributed by atoms with van der Waals surface area (Å²) in [5.74, 6) is 0.859. The second-order valence-electron chi connectivity index (χ2n) is 4.19. The van der Waals surface area contributed by atoms with Crippen LogP contribution < -0.4 is 4.74 Å². The molecule has 17 heavy (non-hydrogen) atoms. The van der Waals surface area contributed by atoms with Crippen molar-refractivity contribution in [1.82, 2.24) is 4.98 Å². The van der Waals surface area contributed by atoms with Gasteiger partial charge in [-0.05, 0) is 30.7 Å². The van der Waals surface area contributed by atoms with Crippen LogP contribution in [0.15, 0.2) is 42.5 Å². The van der Waals surface area contributed by atoms with Crippen molar-refractivity contribution in [3.8, 4) is 5.75 Å². The molecule has 0 aliphatic heterocycles. The van der Waals surface area contributed by atoms with Crippen molar-refractivity contribution in [2.45, 2.75) is 6.92 Å². The van der Waals surface area contributed by atoms with Crippen LogP contribution in [0.3, 0.4) is 0 Å². The number of ether oxygens (including phenoxy) is 1. The van der Waals surface area contributed by atoms with Gasteiger partial charge in [-0.25, -0.2) is 4.98 Å². The number of benzene rings is 2. The van der Waals surface area contributed by atoms with E-state index in [0.29, 0.717) is 0 Å². The smallest absolute Gasteiger partial charge is 0.121 e. The maximum atomic E-state index is 5.28. The molecule has 84 valence electrons. The Morgan fingerprint density at radius 3 is 2.65 bits per heavy atom. The van der Waals surface area contributed by atoms with Crippen LogP contribution in [-0.4, -0.2) is 12.1 Å². The zero-order valence-corrected chi connectivity index (χ0v) is 9.90. The van der Waals surface area contributed by atoms with Crippen LogP contribution in [-0.2, 0) is 0 Å². The maximum absolute atomic E-state index is 5.28. The third-order valence-electron chi connectivity index (χ3n) is 3.05. The van der Waals surface area contributed by atoms with E-state index in [1.807, 2.05) is 30.3 Å². The molecule has 0 aliphatic rings. The third kappa shape index (κ3) is 1.62. The first-order valence-corrected chi connectivity index (χ1v) is 5.62. The van der Waals surface area contributed by atoms with Crippen molar-refractivity contribution < 1.29 is 4.74 Å². The fourth-order valence-electron chi connectivity index (χ4n) is 2.14. The molecule has 0 saturated heterocycles. The Bertz CT molecular complexity index is 704. The van der Waals surface area contributed by atoms with Crippen LogP contribution in [0.2, 0.25) is 0 Å². The van der Waals surface area contributed by atoms with Gasteiger partial charge in [-0.1, -0.05) is 18.2 Å². The Balaban J connectivity index is 2.43. The molecule has 2 nitrogen and oxygen atoms in total. The van der Waals surface area contributed by atoms with E-state index in [2.05, 4.69) is 24.0 Å². The molecule has 2 aromatic carbocycles. The summed E-state index contributed by atoms with van der Waals surface area (Å²) in [6, 6.07) is 14.4. The van der Waals surface area contributed by atoms with Gasteiger partial charge in [-0.15, -0.1) is 0 Å². The van der Waals surface area contributed by atoms with Gasteiger partial charge in [0.05, 0.1) is 18.1 Å². The number of aryl methyl sites for hydroxylation is 1. The fourth-order valence-corrected chi connectivity index (χ4v) is 2.14. The average Bonchev–Trinajstić information content (AvgIpc) is 2.36. The standard InChI is InChI=1S/C15H13NO/c1-10-7-12(17-2)9-15-13(10)8-11-5-3-4-6-14(11)16-15/h3-9H,1-2H3. The fraction of sp³-hybridized carbons (Fsp3) is 0.133. The summed E-state index contributed by atoms with van der Waals surface area (Å²) in [4.78, 5) is 4.67. The van der Waals surface area contributed by atoms with Gasteiger partial charge in [0.2, 0.25) is 0 Å². The lowest BCUT2D eigenvalue weighted by Gasteiger charge is -2.07. The van der Waals surface area contributed by atoms with E-state index < -0.39 is 0 Å². The zero-order chi connectivity index (χ0) is 11.8. The van der Waals surface area contributed by atoms with Crippen molar-refractivity contribution in [3.05, 3.63) is 48.0 Å². The molecule has 0 aliphatic carbocycles. The molecule has 0 atom stereocenters. The number of aromatic nitrogens is 1. The van der Waals surface area contributed by atoms with E-state index in [1.165, 1.54) is 16.3 Å². The van der Waals surface area contributed by atoms with Gasteiger partial charge in [0.25, 0.3) is 0 Å². The number of hydrogen-bond acceptors (Lipinski definition) is 2. The molecule has 1 heterocycles. The maximum Gasteiger partial charge on any atom is 0.121 e. The molecule has 0 saturated carbocycles. The molecule has 0 spiro atoms.